The lowest BCUT2D eigenvalue weighted by Gasteiger charge is -2.34. The summed E-state index contributed by atoms with van der Waals surface area (Å²) in [6.07, 6.45) is 2.96. The largest absolute Gasteiger partial charge is 0.490 e. The molecule has 0 radical (unpaired) electrons. The zero-order valence-corrected chi connectivity index (χ0v) is 19.1. The van der Waals surface area contributed by atoms with E-state index in [2.05, 4.69) is 23.1 Å². The Hall–Kier alpha value is -2.64. The number of rotatable bonds is 4. The summed E-state index contributed by atoms with van der Waals surface area (Å²) in [6.45, 7) is 7.06. The van der Waals surface area contributed by atoms with Crippen molar-refractivity contribution in [3.8, 4) is 5.75 Å². The molecular weight excluding hydrogens is 406 g/mol. The van der Waals surface area contributed by atoms with Crippen LogP contribution in [0.2, 0.25) is 0 Å². The van der Waals surface area contributed by atoms with Gasteiger partial charge in [-0.1, -0.05) is 6.07 Å². The number of ether oxygens (including phenoxy) is 2. The number of hydrogen-bond donors (Lipinski definition) is 1. The molecular formula is C25H31N3O4. The van der Waals surface area contributed by atoms with Crippen LogP contribution < -0.4 is 9.64 Å². The van der Waals surface area contributed by atoms with Crippen LogP contribution in [0.5, 0.6) is 5.75 Å². The number of benzene rings is 1. The second-order valence-electron chi connectivity index (χ2n) is 9.10. The van der Waals surface area contributed by atoms with Crippen molar-refractivity contribution in [1.82, 2.24) is 9.88 Å². The first-order valence-corrected chi connectivity index (χ1v) is 11.5. The van der Waals surface area contributed by atoms with E-state index in [1.165, 1.54) is 11.1 Å². The minimum absolute atomic E-state index is 0.0544. The number of fused-ring (bicyclic) bond motifs is 2. The van der Waals surface area contributed by atoms with Crippen molar-refractivity contribution >= 4 is 11.7 Å². The fourth-order valence-corrected chi connectivity index (χ4v) is 5.13. The molecule has 1 saturated heterocycles. The van der Waals surface area contributed by atoms with E-state index in [-0.39, 0.29) is 24.7 Å². The summed E-state index contributed by atoms with van der Waals surface area (Å²) in [5.74, 6) is 1.79. The molecule has 3 aliphatic heterocycles. The molecule has 170 valence electrons. The quantitative estimate of drug-likeness (QED) is 0.793. The number of aliphatic hydroxyl groups is 1. The maximum absolute atomic E-state index is 12.7. The lowest BCUT2D eigenvalue weighted by atomic mass is 10.00. The van der Waals surface area contributed by atoms with E-state index in [4.69, 9.17) is 14.5 Å². The van der Waals surface area contributed by atoms with Gasteiger partial charge >= 0.3 is 0 Å². The van der Waals surface area contributed by atoms with Crippen LogP contribution in [0.25, 0.3) is 0 Å². The summed E-state index contributed by atoms with van der Waals surface area (Å²) in [5.41, 5.74) is 5.95. The minimum atomic E-state index is -0.371. The molecule has 7 heteroatoms. The number of nitrogens with zero attached hydrogens (tertiary/aromatic N) is 3. The summed E-state index contributed by atoms with van der Waals surface area (Å²) in [7, 11) is 1.73. The summed E-state index contributed by atoms with van der Waals surface area (Å²) in [4.78, 5) is 21.5. The Bertz CT molecular complexity index is 1050. The number of carbonyl (C=O) groups excluding carboxylic acids is 1. The Kier molecular flexibility index (Phi) is 5.55. The highest BCUT2D eigenvalue weighted by Crippen LogP contribution is 2.37. The van der Waals surface area contributed by atoms with Crippen LogP contribution in [0, 0.1) is 13.8 Å². The van der Waals surface area contributed by atoms with Crippen LogP contribution in [0.3, 0.4) is 0 Å². The van der Waals surface area contributed by atoms with E-state index < -0.39 is 0 Å². The molecule has 1 aromatic heterocycles. The van der Waals surface area contributed by atoms with Gasteiger partial charge in [0, 0.05) is 33.0 Å². The summed E-state index contributed by atoms with van der Waals surface area (Å²) >= 11 is 0. The van der Waals surface area contributed by atoms with Crippen molar-refractivity contribution in [3.63, 3.8) is 0 Å². The van der Waals surface area contributed by atoms with E-state index in [0.29, 0.717) is 17.9 Å². The Morgan fingerprint density at radius 3 is 2.72 bits per heavy atom. The molecule has 1 atom stereocenters. The monoisotopic (exact) mass is 437 g/mol. The van der Waals surface area contributed by atoms with Gasteiger partial charge in [0.25, 0.3) is 5.91 Å². The third-order valence-corrected chi connectivity index (χ3v) is 7.24. The standard InChI is InChI=1S/C25H31N3O4/c1-15-16(2)24(26-23-21(13-29)27(3)25(30)22(15)23)28-9-6-19(7-10-28)32-20-5-4-17-8-11-31-14-18(17)12-20/h4-5,12,19,21,29H,6-11,13-14H2,1-3H3/t21-/m1/s1. The fraction of sp³-hybridized carbons (Fsp3) is 0.520. The number of amides is 1. The van der Waals surface area contributed by atoms with Crippen LogP contribution in [0.4, 0.5) is 5.82 Å². The molecule has 0 aliphatic carbocycles. The number of pyridine rings is 1. The zero-order valence-electron chi connectivity index (χ0n) is 19.1. The molecule has 0 bridgehead atoms. The van der Waals surface area contributed by atoms with E-state index in [9.17, 15) is 9.90 Å². The smallest absolute Gasteiger partial charge is 0.256 e. The van der Waals surface area contributed by atoms with Crippen molar-refractivity contribution in [2.24, 2.45) is 0 Å². The molecule has 1 N–H and O–H groups in total. The van der Waals surface area contributed by atoms with Crippen LogP contribution >= 0.6 is 0 Å². The molecule has 0 saturated carbocycles. The van der Waals surface area contributed by atoms with Crippen molar-refractivity contribution < 1.29 is 19.4 Å². The predicted octanol–water partition coefficient (Wildman–Crippen LogP) is 2.94. The van der Waals surface area contributed by atoms with E-state index in [0.717, 1.165) is 61.7 Å². The maximum Gasteiger partial charge on any atom is 0.256 e. The number of aliphatic hydroxyl groups excluding tert-OH is 1. The number of piperidine rings is 1. The lowest BCUT2D eigenvalue weighted by molar-refractivity contribution is 0.0714. The first-order chi connectivity index (χ1) is 15.5. The molecule has 1 fully saturated rings. The first kappa shape index (κ1) is 21.2. The fourth-order valence-electron chi connectivity index (χ4n) is 5.13. The second-order valence-corrected chi connectivity index (χ2v) is 9.10. The molecule has 1 amide bonds. The average Bonchev–Trinajstić information content (AvgIpc) is 3.06. The molecule has 4 heterocycles. The Balaban J connectivity index is 1.30. The highest BCUT2D eigenvalue weighted by atomic mass is 16.5. The molecule has 2 aromatic rings. The first-order valence-electron chi connectivity index (χ1n) is 11.5. The SMILES string of the molecule is Cc1c(N2CCC(Oc3ccc4c(c3)COCC4)CC2)nc2c(c1C)C(=O)N(C)[C@@H]2CO. The summed E-state index contributed by atoms with van der Waals surface area (Å²) in [6, 6.07) is 6.00. The number of likely N-dealkylation sites (N-methyl/N-ethyl adjacent to an activating group) is 1. The van der Waals surface area contributed by atoms with Gasteiger partial charge in [0.05, 0.1) is 37.1 Å². The number of hydrogen-bond acceptors (Lipinski definition) is 6. The molecule has 5 rings (SSSR count). The highest BCUT2D eigenvalue weighted by molar-refractivity contribution is 6.00. The normalized spacial score (nSPS) is 21.0. The summed E-state index contributed by atoms with van der Waals surface area (Å²) in [5, 5.41) is 9.84. The topological polar surface area (TPSA) is 75.1 Å². The van der Waals surface area contributed by atoms with Gasteiger partial charge < -0.3 is 24.4 Å². The van der Waals surface area contributed by atoms with Crippen molar-refractivity contribution in [1.29, 1.82) is 0 Å². The highest BCUT2D eigenvalue weighted by Gasteiger charge is 2.38. The van der Waals surface area contributed by atoms with E-state index >= 15 is 0 Å². The van der Waals surface area contributed by atoms with Gasteiger partial charge in [0.1, 0.15) is 17.7 Å². The zero-order chi connectivity index (χ0) is 22.4. The van der Waals surface area contributed by atoms with Gasteiger partial charge in [0.15, 0.2) is 0 Å². The van der Waals surface area contributed by atoms with E-state index in [1.54, 1.807) is 11.9 Å². The average molecular weight is 438 g/mol. The molecule has 3 aliphatic rings. The molecule has 0 unspecified atom stereocenters. The van der Waals surface area contributed by atoms with Crippen molar-refractivity contribution in [3.05, 3.63) is 51.7 Å². The molecule has 1 aromatic carbocycles. The third-order valence-electron chi connectivity index (χ3n) is 7.24. The third kappa shape index (κ3) is 3.53. The number of aromatic nitrogens is 1. The van der Waals surface area contributed by atoms with Gasteiger partial charge in [-0.2, -0.15) is 0 Å². The molecule has 0 spiro atoms. The summed E-state index contributed by atoms with van der Waals surface area (Å²) < 4.78 is 11.9. The maximum atomic E-state index is 12.7. The van der Waals surface area contributed by atoms with Crippen LogP contribution in [0.1, 0.15) is 57.2 Å². The Morgan fingerprint density at radius 2 is 1.97 bits per heavy atom. The Labute approximate surface area is 189 Å². The lowest BCUT2D eigenvalue weighted by Crippen LogP contribution is -2.39. The molecule has 32 heavy (non-hydrogen) atoms. The minimum Gasteiger partial charge on any atom is -0.490 e. The van der Waals surface area contributed by atoms with Gasteiger partial charge in [-0.15, -0.1) is 0 Å². The van der Waals surface area contributed by atoms with Gasteiger partial charge in [-0.25, -0.2) is 4.98 Å². The van der Waals surface area contributed by atoms with Crippen LogP contribution in [-0.2, 0) is 17.8 Å². The Morgan fingerprint density at radius 1 is 1.19 bits per heavy atom. The predicted molar refractivity (Wildman–Crippen MR) is 121 cm³/mol. The van der Waals surface area contributed by atoms with Crippen molar-refractivity contribution in [2.75, 3.05) is 38.3 Å². The van der Waals surface area contributed by atoms with Gasteiger partial charge in [-0.05, 0) is 54.7 Å². The molecule has 7 nitrogen and oxygen atoms in total. The van der Waals surface area contributed by atoms with Crippen molar-refractivity contribution in [2.45, 2.75) is 51.9 Å². The van der Waals surface area contributed by atoms with Crippen LogP contribution in [-0.4, -0.2) is 60.4 Å². The second kappa shape index (κ2) is 8.37. The van der Waals surface area contributed by atoms with Crippen LogP contribution in [0.15, 0.2) is 18.2 Å². The van der Waals surface area contributed by atoms with E-state index in [1.807, 2.05) is 13.8 Å². The van der Waals surface area contributed by atoms with Gasteiger partial charge in [-0.3, -0.25) is 4.79 Å². The van der Waals surface area contributed by atoms with Gasteiger partial charge in [0.2, 0.25) is 0 Å². The number of carbonyl (C=O) groups is 1. The number of anilines is 1.